The summed E-state index contributed by atoms with van der Waals surface area (Å²) in [6.45, 7) is 7.42. The summed E-state index contributed by atoms with van der Waals surface area (Å²) >= 11 is 0. The molecule has 0 amide bonds. The molecule has 2 rings (SSSR count). The summed E-state index contributed by atoms with van der Waals surface area (Å²) in [7, 11) is 1.88. The highest BCUT2D eigenvalue weighted by Gasteiger charge is 2.44. The Bertz CT molecular complexity index is 447. The van der Waals surface area contributed by atoms with Crippen molar-refractivity contribution in [2.75, 3.05) is 6.61 Å². The number of nitrogens with two attached hydrogens (primary N) is 1. The Labute approximate surface area is 127 Å². The molecule has 1 aromatic heterocycles. The molecular formula is C15H29N5O. The Kier molecular flexibility index (Phi) is 5.01. The zero-order valence-electron chi connectivity index (χ0n) is 13.7. The molecule has 120 valence electrons. The van der Waals surface area contributed by atoms with Crippen LogP contribution in [0, 0.1) is 5.41 Å². The van der Waals surface area contributed by atoms with Crippen LogP contribution in [0.3, 0.4) is 0 Å². The van der Waals surface area contributed by atoms with E-state index in [1.807, 2.05) is 13.2 Å². The van der Waals surface area contributed by atoms with Gasteiger partial charge in [0, 0.05) is 26.3 Å². The second-order valence-corrected chi connectivity index (χ2v) is 6.97. The first kappa shape index (κ1) is 16.4. The van der Waals surface area contributed by atoms with Crippen molar-refractivity contribution in [3.63, 3.8) is 0 Å². The molecule has 1 saturated carbocycles. The second-order valence-electron chi connectivity index (χ2n) is 6.97. The van der Waals surface area contributed by atoms with Crippen LogP contribution >= 0.6 is 0 Å². The number of hydrazine groups is 1. The first-order valence-electron chi connectivity index (χ1n) is 7.86. The minimum Gasteiger partial charge on any atom is -0.374 e. The first-order valence-corrected chi connectivity index (χ1v) is 7.86. The summed E-state index contributed by atoms with van der Waals surface area (Å²) in [5.74, 6) is 5.86. The van der Waals surface area contributed by atoms with E-state index < -0.39 is 0 Å². The van der Waals surface area contributed by atoms with E-state index in [1.54, 1.807) is 4.68 Å². The van der Waals surface area contributed by atoms with Crippen LogP contribution in [0.5, 0.6) is 0 Å². The summed E-state index contributed by atoms with van der Waals surface area (Å²) in [5, 5.41) is 8.18. The molecule has 0 aromatic carbocycles. The summed E-state index contributed by atoms with van der Waals surface area (Å²) in [4.78, 5) is 0. The van der Waals surface area contributed by atoms with Crippen molar-refractivity contribution in [2.24, 2.45) is 18.3 Å². The molecule has 1 unspecified atom stereocenters. The molecule has 0 bridgehead atoms. The summed E-state index contributed by atoms with van der Waals surface area (Å²) in [5.41, 5.74) is 4.13. The van der Waals surface area contributed by atoms with E-state index >= 15 is 0 Å². The Morgan fingerprint density at radius 1 is 1.38 bits per heavy atom. The van der Waals surface area contributed by atoms with Gasteiger partial charge in [-0.05, 0) is 38.0 Å². The number of rotatable bonds is 6. The topological polar surface area (TPSA) is 78.0 Å². The SMILES string of the molecule is CCOC1(C(Cc2cn(C)nn2)NN)CCC(C)(C)CC1. The molecule has 0 spiro atoms. The van der Waals surface area contributed by atoms with Gasteiger partial charge in [0.25, 0.3) is 0 Å². The first-order chi connectivity index (χ1) is 9.91. The highest BCUT2D eigenvalue weighted by atomic mass is 16.5. The van der Waals surface area contributed by atoms with E-state index in [0.29, 0.717) is 12.0 Å². The molecule has 3 N–H and O–H groups in total. The number of ether oxygens (including phenoxy) is 1. The fourth-order valence-electron chi connectivity index (χ4n) is 3.33. The number of hydrogen-bond acceptors (Lipinski definition) is 5. The minimum absolute atomic E-state index is 0.0604. The highest BCUT2D eigenvalue weighted by molar-refractivity contribution is 5.05. The molecule has 1 atom stereocenters. The van der Waals surface area contributed by atoms with Gasteiger partial charge in [0.2, 0.25) is 0 Å². The zero-order valence-corrected chi connectivity index (χ0v) is 13.7. The summed E-state index contributed by atoms with van der Waals surface area (Å²) in [6.07, 6.45) is 7.06. The van der Waals surface area contributed by atoms with Crippen LogP contribution in [0.15, 0.2) is 6.20 Å². The van der Waals surface area contributed by atoms with Crippen molar-refractivity contribution in [3.8, 4) is 0 Å². The second kappa shape index (κ2) is 6.42. The van der Waals surface area contributed by atoms with Crippen molar-refractivity contribution in [1.82, 2.24) is 20.4 Å². The van der Waals surface area contributed by atoms with E-state index in [0.717, 1.165) is 37.8 Å². The van der Waals surface area contributed by atoms with Gasteiger partial charge >= 0.3 is 0 Å². The number of hydrogen-bond donors (Lipinski definition) is 2. The van der Waals surface area contributed by atoms with E-state index in [4.69, 9.17) is 10.6 Å². The number of nitrogens with one attached hydrogen (secondary N) is 1. The maximum Gasteiger partial charge on any atom is 0.0852 e. The fourth-order valence-corrected chi connectivity index (χ4v) is 3.33. The maximum absolute atomic E-state index is 6.20. The van der Waals surface area contributed by atoms with E-state index in [2.05, 4.69) is 36.5 Å². The van der Waals surface area contributed by atoms with Crippen LogP contribution in [0.1, 0.15) is 52.1 Å². The van der Waals surface area contributed by atoms with Gasteiger partial charge in [0.15, 0.2) is 0 Å². The molecule has 0 aliphatic heterocycles. The van der Waals surface area contributed by atoms with Gasteiger partial charge < -0.3 is 4.74 Å². The Hall–Kier alpha value is -0.980. The van der Waals surface area contributed by atoms with Crippen LogP contribution < -0.4 is 11.3 Å². The fraction of sp³-hybridized carbons (Fsp3) is 0.867. The van der Waals surface area contributed by atoms with Crippen LogP contribution in [-0.4, -0.2) is 33.2 Å². The van der Waals surface area contributed by atoms with Crippen LogP contribution in [-0.2, 0) is 18.2 Å². The Morgan fingerprint density at radius 3 is 2.52 bits per heavy atom. The lowest BCUT2D eigenvalue weighted by atomic mass is 9.68. The maximum atomic E-state index is 6.20. The van der Waals surface area contributed by atoms with Gasteiger partial charge in [-0.1, -0.05) is 19.1 Å². The van der Waals surface area contributed by atoms with Crippen LogP contribution in [0.25, 0.3) is 0 Å². The van der Waals surface area contributed by atoms with Gasteiger partial charge in [0.05, 0.1) is 17.3 Å². The lowest BCUT2D eigenvalue weighted by Gasteiger charge is -2.47. The van der Waals surface area contributed by atoms with Gasteiger partial charge in [-0.3, -0.25) is 16.0 Å². The normalized spacial score (nSPS) is 22.1. The number of aryl methyl sites for hydroxylation is 1. The minimum atomic E-state index is -0.198. The third-order valence-electron chi connectivity index (χ3n) is 4.78. The van der Waals surface area contributed by atoms with Gasteiger partial charge in [-0.15, -0.1) is 5.10 Å². The molecule has 21 heavy (non-hydrogen) atoms. The lowest BCUT2D eigenvalue weighted by molar-refractivity contribution is -0.106. The molecular weight excluding hydrogens is 266 g/mol. The molecule has 6 nitrogen and oxygen atoms in total. The van der Waals surface area contributed by atoms with Crippen molar-refractivity contribution >= 4 is 0 Å². The van der Waals surface area contributed by atoms with Gasteiger partial charge in [-0.2, -0.15) is 0 Å². The quantitative estimate of drug-likeness (QED) is 0.615. The number of aromatic nitrogens is 3. The number of nitrogens with zero attached hydrogens (tertiary/aromatic N) is 3. The molecule has 1 aromatic rings. The Morgan fingerprint density at radius 2 is 2.05 bits per heavy atom. The molecule has 1 aliphatic carbocycles. The monoisotopic (exact) mass is 295 g/mol. The third kappa shape index (κ3) is 3.81. The largest absolute Gasteiger partial charge is 0.374 e. The van der Waals surface area contributed by atoms with E-state index in [1.165, 1.54) is 0 Å². The third-order valence-corrected chi connectivity index (χ3v) is 4.78. The van der Waals surface area contributed by atoms with E-state index in [-0.39, 0.29) is 11.6 Å². The van der Waals surface area contributed by atoms with Gasteiger partial charge in [0.1, 0.15) is 0 Å². The molecule has 1 aliphatic rings. The highest BCUT2D eigenvalue weighted by Crippen LogP contribution is 2.44. The molecule has 1 fully saturated rings. The van der Waals surface area contributed by atoms with Crippen molar-refractivity contribution in [1.29, 1.82) is 0 Å². The van der Waals surface area contributed by atoms with Gasteiger partial charge in [-0.25, -0.2) is 0 Å². The smallest absolute Gasteiger partial charge is 0.0852 e. The predicted octanol–water partition coefficient (Wildman–Crippen LogP) is 1.56. The molecule has 0 saturated heterocycles. The predicted molar refractivity (Wildman–Crippen MR) is 82.4 cm³/mol. The molecule has 6 heteroatoms. The van der Waals surface area contributed by atoms with Crippen molar-refractivity contribution in [2.45, 2.75) is 64.5 Å². The average molecular weight is 295 g/mol. The van der Waals surface area contributed by atoms with Crippen LogP contribution in [0.4, 0.5) is 0 Å². The molecule has 1 heterocycles. The standard InChI is InChI=1S/C15H29N5O/c1-5-21-15(8-6-14(2,3)7-9-15)13(17-16)10-12-11-20(4)19-18-12/h11,13,17H,5-10,16H2,1-4H3. The average Bonchev–Trinajstić information content (AvgIpc) is 2.85. The summed E-state index contributed by atoms with van der Waals surface area (Å²) in [6, 6.07) is 0.0604. The lowest BCUT2D eigenvalue weighted by Crippen LogP contribution is -2.58. The summed E-state index contributed by atoms with van der Waals surface area (Å²) < 4.78 is 7.92. The van der Waals surface area contributed by atoms with Crippen molar-refractivity contribution < 1.29 is 4.74 Å². The van der Waals surface area contributed by atoms with Crippen LogP contribution in [0.2, 0.25) is 0 Å². The zero-order chi connectivity index (χ0) is 15.5. The van der Waals surface area contributed by atoms with E-state index in [9.17, 15) is 0 Å². The van der Waals surface area contributed by atoms with Crippen molar-refractivity contribution in [3.05, 3.63) is 11.9 Å². The Balaban J connectivity index is 2.14. The molecule has 0 radical (unpaired) electrons.